The molecule has 7 atom stereocenters. The molecular formula is C45H64N3O6+. The van der Waals surface area contributed by atoms with Crippen LogP contribution in [0, 0.1) is 35.7 Å². The van der Waals surface area contributed by atoms with E-state index in [2.05, 4.69) is 47.8 Å². The largest absolute Gasteiger partial charge is 0.504 e. The molecule has 2 aromatic rings. The van der Waals surface area contributed by atoms with E-state index in [4.69, 9.17) is 20.2 Å². The highest BCUT2D eigenvalue weighted by Crippen LogP contribution is 2.48. The van der Waals surface area contributed by atoms with E-state index in [1.165, 1.54) is 30.7 Å². The molecule has 9 nitrogen and oxygen atoms in total. The summed E-state index contributed by atoms with van der Waals surface area (Å²) in [5.41, 5.74) is 11.1. The Morgan fingerprint density at radius 1 is 1.07 bits per heavy atom. The van der Waals surface area contributed by atoms with E-state index in [-0.39, 0.29) is 25.1 Å². The fraction of sp³-hybridized carbons (Fsp3) is 0.578. The molecule has 0 bridgehead atoms. The molecule has 2 aliphatic carbocycles. The quantitative estimate of drug-likeness (QED) is 0.0529. The zero-order valence-corrected chi connectivity index (χ0v) is 32.2. The van der Waals surface area contributed by atoms with E-state index >= 15 is 0 Å². The maximum absolute atomic E-state index is 11.2. The average molecular weight is 743 g/mol. The predicted molar refractivity (Wildman–Crippen MR) is 215 cm³/mol. The number of allylic oxidation sites excluding steroid dienone is 1. The molecule has 9 heteroatoms. The van der Waals surface area contributed by atoms with Crippen molar-refractivity contribution in [2.45, 2.75) is 109 Å². The number of nitrogens with one attached hydrogen (secondary N) is 1. The van der Waals surface area contributed by atoms with Gasteiger partial charge < -0.3 is 41.0 Å². The van der Waals surface area contributed by atoms with Crippen LogP contribution < -0.4 is 15.8 Å². The minimum absolute atomic E-state index is 0.0131. The van der Waals surface area contributed by atoms with Gasteiger partial charge in [0.15, 0.2) is 17.6 Å². The molecule has 0 spiro atoms. The van der Waals surface area contributed by atoms with Crippen LogP contribution in [0.15, 0.2) is 76.9 Å². The Kier molecular flexibility index (Phi) is 15.0. The number of aromatic hydroxyl groups is 1. The highest BCUT2D eigenvalue weighted by molar-refractivity contribution is 6.03. The van der Waals surface area contributed by atoms with E-state index in [1.807, 2.05) is 12.1 Å². The van der Waals surface area contributed by atoms with Crippen LogP contribution in [0.1, 0.15) is 88.7 Å². The predicted octanol–water partition coefficient (Wildman–Crippen LogP) is 5.90. The lowest BCUT2D eigenvalue weighted by molar-refractivity contribution is -0.0552. The number of ether oxygens (including phenoxy) is 2. The number of unbranched alkanes of at least 4 members (excludes halogenated alkanes) is 2. The lowest BCUT2D eigenvalue weighted by atomic mass is 9.77. The van der Waals surface area contributed by atoms with Crippen LogP contribution in [0.2, 0.25) is 0 Å². The molecule has 294 valence electrons. The second kappa shape index (κ2) is 20.0. The van der Waals surface area contributed by atoms with Crippen LogP contribution in [0.3, 0.4) is 0 Å². The zero-order valence-electron chi connectivity index (χ0n) is 32.2. The smallest absolute Gasteiger partial charge is 0.208 e. The zero-order chi connectivity index (χ0) is 37.9. The van der Waals surface area contributed by atoms with E-state index in [1.54, 1.807) is 13.0 Å². The average Bonchev–Trinajstić information content (AvgIpc) is 3.91. The number of aryl methyl sites for hydroxylation is 1. The minimum Gasteiger partial charge on any atom is -0.504 e. The molecule has 0 amide bonds. The number of aliphatic hydroxyl groups is 5. The standard InChI is InChI=1S/C45H63N3O6/c1-30(50)26-47-27-39-37-13-8-12-34(37)17-19-40-38(39)24-41(48-40)43(52)29-53-45-22-32(16-20-42(45)51)15-18-36-23-35(28-49)44(54-36)14-7-3-6-11-33(25-46)21-31-9-4-2-5-10-31/h2,4-5,9-10,16,20,22-24,30,33-34,37,39,43-44,47,49-50,52,54H,3,6-8,11-15,17-19,21,25-29,46H2,1H3/p+1/t30-,33-,34+,37-,39-,43-,44?/m0/s1. The number of aliphatic hydroxyl groups excluding tert-OH is 3. The Balaban J connectivity index is 0.951. The number of rotatable bonds is 21. The molecule has 2 fully saturated rings. The van der Waals surface area contributed by atoms with Crippen molar-refractivity contribution in [2.75, 3.05) is 32.8 Å². The van der Waals surface area contributed by atoms with Crippen LogP contribution in [0.5, 0.6) is 11.5 Å². The Hall–Kier alpha value is -3.31. The first-order valence-electron chi connectivity index (χ1n) is 20.6. The summed E-state index contributed by atoms with van der Waals surface area (Å²) in [4.78, 5) is 4.92. The van der Waals surface area contributed by atoms with Crippen molar-refractivity contribution in [1.29, 1.82) is 0 Å². The molecule has 8 N–H and O–H groups in total. The SMILES string of the molecule is C[C@H](O)CNC[C@@H]1[C+]2C=C([C@@H](O)COc3cc(CC[C-]4C=C(CO)C(CCCCC[C@H](CN)Cc5ccccc5)[OH+]4)ccc3O)N=C2CC[C@H]2CCC[C@@H]21. The number of nitrogens with two attached hydrogens (primary N) is 1. The third kappa shape index (κ3) is 10.9. The van der Waals surface area contributed by atoms with Crippen molar-refractivity contribution in [2.24, 2.45) is 34.4 Å². The number of aliphatic imine (C=N–C) groups is 1. The van der Waals surface area contributed by atoms with Gasteiger partial charge >= 0.3 is 0 Å². The van der Waals surface area contributed by atoms with Crippen LogP contribution >= 0.6 is 0 Å². The summed E-state index contributed by atoms with van der Waals surface area (Å²) in [5, 5.41) is 45.2. The second-order valence-electron chi connectivity index (χ2n) is 16.2. The van der Waals surface area contributed by atoms with Crippen LogP contribution in [-0.2, 0) is 12.8 Å². The van der Waals surface area contributed by atoms with Crippen LogP contribution in [-0.4, -0.2) is 82.0 Å². The van der Waals surface area contributed by atoms with Crippen molar-refractivity contribution >= 4 is 5.71 Å². The number of benzene rings is 2. The molecule has 0 saturated heterocycles. The van der Waals surface area contributed by atoms with E-state index < -0.39 is 12.2 Å². The fourth-order valence-corrected chi connectivity index (χ4v) is 9.13. The molecule has 0 radical (unpaired) electrons. The van der Waals surface area contributed by atoms with Gasteiger partial charge in [0.05, 0.1) is 18.1 Å². The third-order valence-electron chi connectivity index (χ3n) is 12.1. The summed E-state index contributed by atoms with van der Waals surface area (Å²) in [5.74, 6) is 3.73. The second-order valence-corrected chi connectivity index (χ2v) is 16.2. The molecule has 2 aromatic carbocycles. The number of nitrogens with zero attached hydrogens (tertiary/aromatic N) is 1. The van der Waals surface area contributed by atoms with Gasteiger partial charge in [-0.1, -0.05) is 62.1 Å². The van der Waals surface area contributed by atoms with Crippen molar-refractivity contribution in [3.8, 4) is 11.5 Å². The van der Waals surface area contributed by atoms with Gasteiger partial charge in [0.2, 0.25) is 5.70 Å². The van der Waals surface area contributed by atoms with Gasteiger partial charge in [-0.15, -0.1) is 16.6 Å². The molecule has 0 aromatic heterocycles. The van der Waals surface area contributed by atoms with E-state index in [0.29, 0.717) is 54.6 Å². The number of fused-ring (bicyclic) bond motifs is 2. The molecule has 4 aliphatic rings. The van der Waals surface area contributed by atoms with E-state index in [0.717, 1.165) is 87.3 Å². The molecule has 6 rings (SSSR count). The highest BCUT2D eigenvalue weighted by atomic mass is 16.5. The van der Waals surface area contributed by atoms with Crippen molar-refractivity contribution in [1.82, 2.24) is 5.32 Å². The van der Waals surface area contributed by atoms with Crippen molar-refractivity contribution in [3.05, 3.63) is 95.1 Å². The van der Waals surface area contributed by atoms with Gasteiger partial charge in [-0.25, -0.2) is 0 Å². The molecule has 2 heterocycles. The summed E-state index contributed by atoms with van der Waals surface area (Å²) in [6.07, 6.45) is 17.5. The van der Waals surface area contributed by atoms with Crippen molar-refractivity contribution < 1.29 is 29.9 Å². The van der Waals surface area contributed by atoms with Gasteiger partial charge in [0, 0.05) is 32.5 Å². The number of phenolic OH excluding ortho intramolecular Hbond substituents is 1. The first-order chi connectivity index (χ1) is 26.3. The lowest BCUT2D eigenvalue weighted by Gasteiger charge is -2.26. The van der Waals surface area contributed by atoms with Gasteiger partial charge in [0.1, 0.15) is 30.4 Å². The Bertz CT molecular complexity index is 1560. The Labute approximate surface area is 322 Å². The maximum atomic E-state index is 11.2. The topological polar surface area (TPSA) is 153 Å². The normalized spacial score (nSPS) is 24.0. The molecule has 2 aliphatic heterocycles. The highest BCUT2D eigenvalue weighted by Gasteiger charge is 2.49. The summed E-state index contributed by atoms with van der Waals surface area (Å²) < 4.78 is 11.0. The molecular weight excluding hydrogens is 679 g/mol. The lowest BCUT2D eigenvalue weighted by Crippen LogP contribution is -2.36. The minimum atomic E-state index is -0.923. The maximum Gasteiger partial charge on any atom is 0.208 e. The van der Waals surface area contributed by atoms with Gasteiger partial charge in [-0.05, 0) is 99.4 Å². The number of phenols is 1. The first-order valence-corrected chi connectivity index (χ1v) is 20.6. The first kappa shape index (κ1) is 40.4. The van der Waals surface area contributed by atoms with Crippen LogP contribution in [0.25, 0.3) is 0 Å². The number of hydrogen-bond acceptors (Lipinski definition) is 8. The Morgan fingerprint density at radius 3 is 2.72 bits per heavy atom. The summed E-state index contributed by atoms with van der Waals surface area (Å²) in [6, 6.07) is 16.0. The Morgan fingerprint density at radius 2 is 1.93 bits per heavy atom. The summed E-state index contributed by atoms with van der Waals surface area (Å²) >= 11 is 0. The van der Waals surface area contributed by atoms with Crippen LogP contribution in [0.4, 0.5) is 0 Å². The molecule has 1 unspecified atom stereocenters. The van der Waals surface area contributed by atoms with Gasteiger partial charge in [0.25, 0.3) is 0 Å². The van der Waals surface area contributed by atoms with Gasteiger partial charge in [-0.2, -0.15) is 0 Å². The summed E-state index contributed by atoms with van der Waals surface area (Å²) in [7, 11) is 0. The third-order valence-corrected chi connectivity index (χ3v) is 12.1. The monoisotopic (exact) mass is 742 g/mol. The van der Waals surface area contributed by atoms with Gasteiger partial charge in [-0.3, -0.25) is 0 Å². The summed E-state index contributed by atoms with van der Waals surface area (Å²) in [6.45, 7) is 3.88. The van der Waals surface area contributed by atoms with E-state index in [9.17, 15) is 20.4 Å². The molecule has 2 saturated carbocycles. The van der Waals surface area contributed by atoms with Crippen molar-refractivity contribution in [3.63, 3.8) is 0 Å². The molecule has 54 heavy (non-hydrogen) atoms. The fourth-order valence-electron chi connectivity index (χ4n) is 9.13. The number of hydrogen-bond donors (Lipinski definition) is 6.